The summed E-state index contributed by atoms with van der Waals surface area (Å²) in [6, 6.07) is 2.22. The fourth-order valence-corrected chi connectivity index (χ4v) is 1.48. The number of alkyl halides is 3. The van der Waals surface area contributed by atoms with Crippen LogP contribution < -0.4 is 0 Å². The number of ether oxygens (including phenoxy) is 1. The lowest BCUT2D eigenvalue weighted by atomic mass is 9.96. The lowest BCUT2D eigenvalue weighted by Gasteiger charge is -2.22. The highest BCUT2D eigenvalue weighted by Crippen LogP contribution is 2.32. The summed E-state index contributed by atoms with van der Waals surface area (Å²) in [5, 5.41) is 0. The average Bonchev–Trinajstić information content (AvgIpc) is 2.27. The Bertz CT molecular complexity index is 478. The number of rotatable bonds is 4. The number of hydrogen-bond acceptors (Lipinski definition) is 2. The summed E-state index contributed by atoms with van der Waals surface area (Å²) in [7, 11) is 1.40. The van der Waals surface area contributed by atoms with E-state index >= 15 is 0 Å². The number of carbonyl (C=O) groups excluding carboxylic acids is 1. The number of carbonyl (C=O) groups is 1. The van der Waals surface area contributed by atoms with E-state index in [9.17, 15) is 22.4 Å². The van der Waals surface area contributed by atoms with E-state index < -0.39 is 28.9 Å². The van der Waals surface area contributed by atoms with E-state index in [1.54, 1.807) is 13.8 Å². The summed E-state index contributed by atoms with van der Waals surface area (Å²) in [5.41, 5.74) is -2.41. The highest BCUT2D eigenvalue weighted by molar-refractivity contribution is 5.96. The summed E-state index contributed by atoms with van der Waals surface area (Å²) in [6.07, 6.45) is -4.91. The van der Waals surface area contributed by atoms with Gasteiger partial charge in [-0.3, -0.25) is 4.79 Å². The zero-order valence-electron chi connectivity index (χ0n) is 10.8. The van der Waals surface area contributed by atoms with E-state index in [4.69, 9.17) is 4.74 Å². The minimum absolute atomic E-state index is 0.0908. The van der Waals surface area contributed by atoms with Crippen LogP contribution in [0.1, 0.15) is 36.2 Å². The predicted octanol–water partition coefficient (Wildman–Crippen LogP) is 3.84. The van der Waals surface area contributed by atoms with Crippen LogP contribution in [0.15, 0.2) is 18.2 Å². The quantitative estimate of drug-likeness (QED) is 0.618. The molecule has 0 aliphatic carbocycles. The van der Waals surface area contributed by atoms with Gasteiger partial charge >= 0.3 is 6.18 Å². The standard InChI is InChI=1S/C13H14F4O2/c1-12(2,19-3)7-11(18)8-4-5-10(14)9(6-8)13(15,16)17/h4-6H,7H2,1-3H3. The highest BCUT2D eigenvalue weighted by atomic mass is 19.4. The number of benzene rings is 1. The van der Waals surface area contributed by atoms with Gasteiger partial charge in [0.15, 0.2) is 5.78 Å². The van der Waals surface area contributed by atoms with Crippen LogP contribution in [0, 0.1) is 5.82 Å². The molecule has 0 aromatic heterocycles. The summed E-state index contributed by atoms with van der Waals surface area (Å²) < 4.78 is 55.7. The van der Waals surface area contributed by atoms with Crippen LogP contribution in [0.3, 0.4) is 0 Å². The van der Waals surface area contributed by atoms with Gasteiger partial charge < -0.3 is 4.74 Å². The van der Waals surface area contributed by atoms with Crippen LogP contribution in [0.25, 0.3) is 0 Å². The van der Waals surface area contributed by atoms with E-state index in [2.05, 4.69) is 0 Å². The molecule has 0 bridgehead atoms. The molecule has 0 heterocycles. The molecule has 0 spiro atoms. The molecular weight excluding hydrogens is 264 g/mol. The Morgan fingerprint density at radius 2 is 1.84 bits per heavy atom. The zero-order valence-corrected chi connectivity index (χ0v) is 10.8. The Labute approximate surface area is 108 Å². The number of Topliss-reactive ketones (excluding diaryl/α,β-unsaturated/α-hetero) is 1. The van der Waals surface area contributed by atoms with Crippen molar-refractivity contribution in [2.75, 3.05) is 7.11 Å². The number of halogens is 4. The number of methoxy groups -OCH3 is 1. The molecule has 1 aromatic carbocycles. The van der Waals surface area contributed by atoms with Crippen LogP contribution in [0.4, 0.5) is 17.6 Å². The van der Waals surface area contributed by atoms with Crippen LogP contribution in [0.5, 0.6) is 0 Å². The molecule has 19 heavy (non-hydrogen) atoms. The van der Waals surface area contributed by atoms with Gasteiger partial charge in [-0.25, -0.2) is 4.39 Å². The molecule has 0 unspecified atom stereocenters. The normalized spacial score (nSPS) is 12.6. The second-order valence-corrected chi connectivity index (χ2v) is 4.76. The van der Waals surface area contributed by atoms with Crippen molar-refractivity contribution in [3.8, 4) is 0 Å². The summed E-state index contributed by atoms with van der Waals surface area (Å²) in [5.74, 6) is -1.92. The molecule has 0 saturated heterocycles. The molecule has 0 atom stereocenters. The van der Waals surface area contributed by atoms with Gasteiger partial charge in [0.1, 0.15) is 5.82 Å². The van der Waals surface area contributed by atoms with Gasteiger partial charge in [0.2, 0.25) is 0 Å². The molecule has 1 rings (SSSR count). The fraction of sp³-hybridized carbons (Fsp3) is 0.462. The van der Waals surface area contributed by atoms with Gasteiger partial charge in [0.05, 0.1) is 11.2 Å². The highest BCUT2D eigenvalue weighted by Gasteiger charge is 2.35. The third kappa shape index (κ3) is 4.02. The van der Waals surface area contributed by atoms with Gasteiger partial charge in [-0.05, 0) is 32.0 Å². The second kappa shape index (κ2) is 5.28. The number of hydrogen-bond donors (Lipinski definition) is 0. The molecule has 0 saturated carbocycles. The van der Waals surface area contributed by atoms with Crippen molar-refractivity contribution in [2.45, 2.75) is 32.0 Å². The first-order valence-electron chi connectivity index (χ1n) is 5.52. The summed E-state index contributed by atoms with van der Waals surface area (Å²) in [6.45, 7) is 3.28. The van der Waals surface area contributed by atoms with Crippen molar-refractivity contribution < 1.29 is 27.1 Å². The molecule has 0 N–H and O–H groups in total. The molecule has 6 heteroatoms. The van der Waals surface area contributed by atoms with Crippen molar-refractivity contribution >= 4 is 5.78 Å². The van der Waals surface area contributed by atoms with Gasteiger partial charge in [0.25, 0.3) is 0 Å². The van der Waals surface area contributed by atoms with E-state index in [0.29, 0.717) is 12.1 Å². The maximum Gasteiger partial charge on any atom is 0.419 e. The molecular formula is C13H14F4O2. The Balaban J connectivity index is 3.07. The van der Waals surface area contributed by atoms with Crippen LogP contribution >= 0.6 is 0 Å². The molecule has 1 aromatic rings. The minimum Gasteiger partial charge on any atom is -0.378 e. The lowest BCUT2D eigenvalue weighted by Crippen LogP contribution is -2.26. The van der Waals surface area contributed by atoms with Crippen molar-refractivity contribution in [3.63, 3.8) is 0 Å². The first kappa shape index (κ1) is 15.6. The Hall–Kier alpha value is -1.43. The summed E-state index contributed by atoms with van der Waals surface area (Å²) in [4.78, 5) is 11.8. The minimum atomic E-state index is -4.82. The first-order chi connectivity index (χ1) is 8.57. The average molecular weight is 278 g/mol. The number of ketones is 1. The lowest BCUT2D eigenvalue weighted by molar-refractivity contribution is -0.140. The summed E-state index contributed by atoms with van der Waals surface area (Å²) >= 11 is 0. The zero-order chi connectivity index (χ0) is 14.8. The molecule has 2 nitrogen and oxygen atoms in total. The van der Waals surface area contributed by atoms with Gasteiger partial charge in [-0.1, -0.05) is 0 Å². The monoisotopic (exact) mass is 278 g/mol. The Morgan fingerprint density at radius 3 is 2.32 bits per heavy atom. The first-order valence-corrected chi connectivity index (χ1v) is 5.52. The van der Waals surface area contributed by atoms with Crippen molar-refractivity contribution in [2.24, 2.45) is 0 Å². The van der Waals surface area contributed by atoms with Crippen LogP contribution in [-0.2, 0) is 10.9 Å². The maximum atomic E-state index is 13.1. The van der Waals surface area contributed by atoms with E-state index in [-0.39, 0.29) is 12.0 Å². The predicted molar refractivity (Wildman–Crippen MR) is 61.4 cm³/mol. The third-order valence-electron chi connectivity index (χ3n) is 2.73. The molecule has 0 amide bonds. The molecule has 0 aliphatic heterocycles. The van der Waals surface area contributed by atoms with Gasteiger partial charge in [-0.15, -0.1) is 0 Å². The van der Waals surface area contributed by atoms with Crippen molar-refractivity contribution in [3.05, 3.63) is 35.1 Å². The Kier molecular flexibility index (Phi) is 4.35. The molecule has 0 aliphatic rings. The smallest absolute Gasteiger partial charge is 0.378 e. The van der Waals surface area contributed by atoms with Crippen LogP contribution in [0.2, 0.25) is 0 Å². The largest absolute Gasteiger partial charge is 0.419 e. The van der Waals surface area contributed by atoms with E-state index in [1.807, 2.05) is 0 Å². The third-order valence-corrected chi connectivity index (χ3v) is 2.73. The van der Waals surface area contributed by atoms with Crippen LogP contribution in [-0.4, -0.2) is 18.5 Å². The van der Waals surface area contributed by atoms with E-state index in [0.717, 1.165) is 6.07 Å². The second-order valence-electron chi connectivity index (χ2n) is 4.76. The van der Waals surface area contributed by atoms with Crippen molar-refractivity contribution in [1.82, 2.24) is 0 Å². The molecule has 106 valence electrons. The Morgan fingerprint density at radius 1 is 1.26 bits per heavy atom. The van der Waals surface area contributed by atoms with Gasteiger partial charge in [0, 0.05) is 19.1 Å². The topological polar surface area (TPSA) is 26.3 Å². The molecule has 0 fully saturated rings. The maximum absolute atomic E-state index is 13.1. The van der Waals surface area contributed by atoms with Crippen molar-refractivity contribution in [1.29, 1.82) is 0 Å². The van der Waals surface area contributed by atoms with E-state index in [1.165, 1.54) is 7.11 Å². The van der Waals surface area contributed by atoms with Gasteiger partial charge in [-0.2, -0.15) is 13.2 Å². The SMILES string of the molecule is COC(C)(C)CC(=O)c1ccc(F)c(C(F)(F)F)c1. The fourth-order valence-electron chi connectivity index (χ4n) is 1.48. The molecule has 0 radical (unpaired) electrons.